The zero-order valence-corrected chi connectivity index (χ0v) is 9.26. The van der Waals surface area contributed by atoms with Gasteiger partial charge in [0.25, 0.3) is 0 Å². The lowest BCUT2D eigenvalue weighted by Gasteiger charge is -2.02. The van der Waals surface area contributed by atoms with Crippen LogP contribution in [0.4, 0.5) is 4.39 Å². The Kier molecular flexibility index (Phi) is 2.14. The Balaban J connectivity index is 2.27. The zero-order valence-electron chi connectivity index (χ0n) is 9.26. The highest BCUT2D eigenvalue weighted by Crippen LogP contribution is 2.21. The Morgan fingerprint density at radius 1 is 1.18 bits per heavy atom. The van der Waals surface area contributed by atoms with Gasteiger partial charge in [0.2, 0.25) is 0 Å². The lowest BCUT2D eigenvalue weighted by Crippen LogP contribution is -1.90. The molecule has 3 aromatic rings. The first kappa shape index (κ1) is 9.96. The Hall–Kier alpha value is -2.23. The van der Waals surface area contributed by atoms with Crippen molar-refractivity contribution in [1.29, 1.82) is 0 Å². The number of hydrogen-bond donors (Lipinski definition) is 0. The van der Waals surface area contributed by atoms with Gasteiger partial charge in [-0.3, -0.25) is 9.38 Å². The predicted octanol–water partition coefficient (Wildman–Crippen LogP) is 2.84. The summed E-state index contributed by atoms with van der Waals surface area (Å²) in [7, 11) is 0. The fourth-order valence-electron chi connectivity index (χ4n) is 1.87. The SMILES string of the molecule is Cc1cc(-c2cnc3ccc(F)cn23)ccn1. The maximum absolute atomic E-state index is 13.2. The molecule has 0 aliphatic carbocycles. The van der Waals surface area contributed by atoms with Crippen molar-refractivity contribution in [2.24, 2.45) is 0 Å². The summed E-state index contributed by atoms with van der Waals surface area (Å²) < 4.78 is 15.0. The molecule has 0 saturated carbocycles. The van der Waals surface area contributed by atoms with Crippen molar-refractivity contribution in [3.05, 3.63) is 54.4 Å². The molecule has 0 fully saturated rings. The molecule has 0 unspecified atom stereocenters. The standard InChI is InChI=1S/C13H10FN3/c1-9-6-10(4-5-15-9)12-7-16-13-3-2-11(14)8-17(12)13/h2-8H,1H3. The minimum Gasteiger partial charge on any atom is -0.297 e. The van der Waals surface area contributed by atoms with Crippen LogP contribution >= 0.6 is 0 Å². The van der Waals surface area contributed by atoms with E-state index in [1.54, 1.807) is 22.9 Å². The van der Waals surface area contributed by atoms with E-state index in [2.05, 4.69) is 9.97 Å². The first-order valence-corrected chi connectivity index (χ1v) is 5.30. The Labute approximate surface area is 97.6 Å². The largest absolute Gasteiger partial charge is 0.297 e. The number of rotatable bonds is 1. The lowest BCUT2D eigenvalue weighted by molar-refractivity contribution is 0.619. The van der Waals surface area contributed by atoms with Crippen molar-refractivity contribution < 1.29 is 4.39 Å². The molecule has 84 valence electrons. The second kappa shape index (κ2) is 3.66. The van der Waals surface area contributed by atoms with Gasteiger partial charge in [0.1, 0.15) is 11.5 Å². The van der Waals surface area contributed by atoms with Gasteiger partial charge in [-0.25, -0.2) is 9.37 Å². The van der Waals surface area contributed by atoms with Crippen LogP contribution in [0.2, 0.25) is 0 Å². The molecule has 4 heteroatoms. The lowest BCUT2D eigenvalue weighted by atomic mass is 10.2. The Morgan fingerprint density at radius 2 is 2.06 bits per heavy atom. The van der Waals surface area contributed by atoms with Gasteiger partial charge in [-0.1, -0.05) is 0 Å². The van der Waals surface area contributed by atoms with E-state index >= 15 is 0 Å². The van der Waals surface area contributed by atoms with E-state index in [1.807, 2.05) is 19.1 Å². The molecule has 17 heavy (non-hydrogen) atoms. The number of nitrogens with zero attached hydrogens (tertiary/aromatic N) is 3. The van der Waals surface area contributed by atoms with E-state index in [9.17, 15) is 4.39 Å². The summed E-state index contributed by atoms with van der Waals surface area (Å²) in [5, 5.41) is 0. The monoisotopic (exact) mass is 227 g/mol. The number of hydrogen-bond acceptors (Lipinski definition) is 2. The van der Waals surface area contributed by atoms with E-state index in [4.69, 9.17) is 0 Å². The van der Waals surface area contributed by atoms with Crippen LogP contribution in [0.25, 0.3) is 16.9 Å². The molecular weight excluding hydrogens is 217 g/mol. The van der Waals surface area contributed by atoms with Gasteiger partial charge >= 0.3 is 0 Å². The van der Waals surface area contributed by atoms with E-state index in [0.717, 1.165) is 22.6 Å². The second-order valence-electron chi connectivity index (χ2n) is 3.90. The van der Waals surface area contributed by atoms with Gasteiger partial charge in [-0.2, -0.15) is 0 Å². The number of pyridine rings is 2. The quantitative estimate of drug-likeness (QED) is 0.640. The van der Waals surface area contributed by atoms with Gasteiger partial charge in [-0.15, -0.1) is 0 Å². The molecule has 3 rings (SSSR count). The summed E-state index contributed by atoms with van der Waals surface area (Å²) in [5.41, 5.74) is 3.50. The topological polar surface area (TPSA) is 30.2 Å². The first-order chi connectivity index (χ1) is 8.24. The average Bonchev–Trinajstić information content (AvgIpc) is 2.71. The number of fused-ring (bicyclic) bond motifs is 1. The molecule has 3 nitrogen and oxygen atoms in total. The second-order valence-corrected chi connectivity index (χ2v) is 3.90. The highest BCUT2D eigenvalue weighted by Gasteiger charge is 2.06. The van der Waals surface area contributed by atoms with Crippen molar-refractivity contribution in [3.8, 4) is 11.3 Å². The molecule has 0 atom stereocenters. The molecular formula is C13H10FN3. The maximum atomic E-state index is 13.2. The molecule has 0 amide bonds. The van der Waals surface area contributed by atoms with Gasteiger partial charge in [0.05, 0.1) is 11.9 Å². The van der Waals surface area contributed by atoms with Crippen LogP contribution in [0.15, 0.2) is 42.9 Å². The summed E-state index contributed by atoms with van der Waals surface area (Å²) in [6, 6.07) is 6.91. The number of aryl methyl sites for hydroxylation is 1. The zero-order chi connectivity index (χ0) is 11.8. The van der Waals surface area contributed by atoms with Crippen LogP contribution in [0.5, 0.6) is 0 Å². The molecule has 0 saturated heterocycles. The summed E-state index contributed by atoms with van der Waals surface area (Å²) in [4.78, 5) is 8.39. The van der Waals surface area contributed by atoms with Gasteiger partial charge in [0, 0.05) is 23.7 Å². The summed E-state index contributed by atoms with van der Waals surface area (Å²) >= 11 is 0. The van der Waals surface area contributed by atoms with Gasteiger partial charge in [0.15, 0.2) is 0 Å². The number of aromatic nitrogens is 3. The van der Waals surface area contributed by atoms with Crippen LogP contribution < -0.4 is 0 Å². The van der Waals surface area contributed by atoms with Crippen molar-refractivity contribution >= 4 is 5.65 Å². The Bertz CT molecular complexity index is 688. The summed E-state index contributed by atoms with van der Waals surface area (Å²) in [5.74, 6) is -0.275. The fraction of sp³-hybridized carbons (Fsp3) is 0.0769. The van der Waals surface area contributed by atoms with Crippen LogP contribution in [0.3, 0.4) is 0 Å². The van der Waals surface area contributed by atoms with E-state index in [1.165, 1.54) is 12.3 Å². The molecule has 0 aliphatic heterocycles. The minimum atomic E-state index is -0.275. The molecule has 0 aromatic carbocycles. The number of halogens is 1. The maximum Gasteiger partial charge on any atom is 0.139 e. The highest BCUT2D eigenvalue weighted by atomic mass is 19.1. The van der Waals surface area contributed by atoms with Crippen LogP contribution in [-0.4, -0.2) is 14.4 Å². The van der Waals surface area contributed by atoms with Crippen LogP contribution in [0.1, 0.15) is 5.69 Å². The third-order valence-corrected chi connectivity index (χ3v) is 2.66. The van der Waals surface area contributed by atoms with Crippen molar-refractivity contribution in [2.45, 2.75) is 6.92 Å². The molecule has 3 heterocycles. The van der Waals surface area contributed by atoms with Crippen LogP contribution in [-0.2, 0) is 0 Å². The molecule has 0 aliphatic rings. The predicted molar refractivity (Wildman–Crippen MR) is 63.1 cm³/mol. The van der Waals surface area contributed by atoms with Crippen molar-refractivity contribution in [1.82, 2.24) is 14.4 Å². The third-order valence-electron chi connectivity index (χ3n) is 2.66. The van der Waals surface area contributed by atoms with E-state index < -0.39 is 0 Å². The van der Waals surface area contributed by atoms with E-state index in [-0.39, 0.29) is 5.82 Å². The number of imidazole rings is 1. The minimum absolute atomic E-state index is 0.275. The van der Waals surface area contributed by atoms with Gasteiger partial charge in [-0.05, 0) is 31.2 Å². The van der Waals surface area contributed by atoms with Crippen molar-refractivity contribution in [3.63, 3.8) is 0 Å². The molecule has 0 N–H and O–H groups in total. The fourth-order valence-corrected chi connectivity index (χ4v) is 1.87. The van der Waals surface area contributed by atoms with Crippen LogP contribution in [0, 0.1) is 12.7 Å². The highest BCUT2D eigenvalue weighted by molar-refractivity contribution is 5.63. The smallest absolute Gasteiger partial charge is 0.139 e. The summed E-state index contributed by atoms with van der Waals surface area (Å²) in [6.45, 7) is 1.92. The first-order valence-electron chi connectivity index (χ1n) is 5.30. The van der Waals surface area contributed by atoms with E-state index in [0.29, 0.717) is 0 Å². The normalized spacial score (nSPS) is 10.9. The Morgan fingerprint density at radius 3 is 2.88 bits per heavy atom. The molecule has 0 spiro atoms. The molecule has 3 aromatic heterocycles. The molecule has 0 bridgehead atoms. The summed E-state index contributed by atoms with van der Waals surface area (Å²) in [6.07, 6.45) is 4.92. The molecule has 0 radical (unpaired) electrons. The average molecular weight is 227 g/mol. The van der Waals surface area contributed by atoms with Crippen molar-refractivity contribution in [2.75, 3.05) is 0 Å². The third kappa shape index (κ3) is 1.67. The van der Waals surface area contributed by atoms with Gasteiger partial charge < -0.3 is 0 Å².